The summed E-state index contributed by atoms with van der Waals surface area (Å²) in [5.74, 6) is 0.753. The third kappa shape index (κ3) is 5.52. The monoisotopic (exact) mass is 340 g/mol. The molecule has 2 rings (SSSR count). The molecule has 0 spiro atoms. The van der Waals surface area contributed by atoms with Crippen LogP contribution in [-0.4, -0.2) is 12.8 Å². The van der Waals surface area contributed by atoms with Gasteiger partial charge in [0.15, 0.2) is 6.73 Å². The second kappa shape index (κ2) is 9.72. The van der Waals surface area contributed by atoms with Gasteiger partial charge in [-0.2, -0.15) is 0 Å². The van der Waals surface area contributed by atoms with Crippen LogP contribution >= 0.6 is 0 Å². The predicted octanol–water partition coefficient (Wildman–Crippen LogP) is 4.92. The van der Waals surface area contributed by atoms with Gasteiger partial charge in [0.2, 0.25) is 0 Å². The Balaban J connectivity index is 1.87. The topological polar surface area (TPSA) is 50.4 Å². The summed E-state index contributed by atoms with van der Waals surface area (Å²) in [6, 6.07) is 13.9. The molecular weight excluding hydrogens is 312 g/mol. The molecule has 2 aromatic rings. The first kappa shape index (κ1) is 18.8. The Bertz CT molecular complexity index is 659. The maximum atomic E-state index is 12.2. The van der Waals surface area contributed by atoms with Gasteiger partial charge < -0.3 is 15.4 Å². The van der Waals surface area contributed by atoms with Crippen LogP contribution in [0.15, 0.2) is 42.5 Å². The van der Waals surface area contributed by atoms with Crippen molar-refractivity contribution in [3.05, 3.63) is 59.2 Å². The van der Waals surface area contributed by atoms with E-state index in [0.717, 1.165) is 48.2 Å². The van der Waals surface area contributed by atoms with Crippen LogP contribution < -0.4 is 15.4 Å². The Hall–Kier alpha value is -2.49. The van der Waals surface area contributed by atoms with E-state index in [2.05, 4.69) is 43.5 Å². The molecule has 0 bridgehead atoms. The van der Waals surface area contributed by atoms with Crippen LogP contribution in [0.5, 0.6) is 5.75 Å². The van der Waals surface area contributed by atoms with Gasteiger partial charge in [0.1, 0.15) is 5.75 Å². The van der Waals surface area contributed by atoms with Crippen molar-refractivity contribution in [3.63, 3.8) is 0 Å². The van der Waals surface area contributed by atoms with Gasteiger partial charge in [0.05, 0.1) is 0 Å². The zero-order valence-corrected chi connectivity index (χ0v) is 15.4. The van der Waals surface area contributed by atoms with Crippen LogP contribution in [0.1, 0.15) is 43.9 Å². The zero-order valence-electron chi connectivity index (χ0n) is 15.4. The van der Waals surface area contributed by atoms with Crippen molar-refractivity contribution in [1.29, 1.82) is 0 Å². The smallest absolute Gasteiger partial charge is 0.321 e. The number of carbonyl (C=O) groups excluding carboxylic acids is 1. The molecule has 2 aromatic carbocycles. The highest BCUT2D eigenvalue weighted by Gasteiger charge is 2.09. The van der Waals surface area contributed by atoms with Crippen molar-refractivity contribution in [2.75, 3.05) is 12.0 Å². The highest BCUT2D eigenvalue weighted by Crippen LogP contribution is 2.22. The van der Waals surface area contributed by atoms with Gasteiger partial charge in [0.25, 0.3) is 0 Å². The largest absolute Gasteiger partial charge is 0.473 e. The summed E-state index contributed by atoms with van der Waals surface area (Å²) in [6.07, 6.45) is 3.95. The molecule has 0 radical (unpaired) electrons. The Morgan fingerprint density at radius 2 is 1.60 bits per heavy atom. The number of amides is 2. The molecule has 0 heterocycles. The van der Waals surface area contributed by atoms with Crippen molar-refractivity contribution in [3.8, 4) is 5.75 Å². The Kier molecular flexibility index (Phi) is 7.33. The molecule has 0 aliphatic carbocycles. The van der Waals surface area contributed by atoms with Gasteiger partial charge in [-0.15, -0.1) is 0 Å². The van der Waals surface area contributed by atoms with Gasteiger partial charge >= 0.3 is 6.03 Å². The normalized spacial score (nSPS) is 10.4. The van der Waals surface area contributed by atoms with E-state index in [1.54, 1.807) is 0 Å². The quantitative estimate of drug-likeness (QED) is 0.670. The standard InChI is InChI=1S/C21H28N2O2/c1-4-8-16-11-13-19(14-12-16)25-15-22-21(24)23-20-17(5-2)9-7-10-18(20)6-3/h7,9-14H,4-6,8,15H2,1-3H3,(H2,22,23,24). The van der Waals surface area contributed by atoms with E-state index < -0.39 is 0 Å². The lowest BCUT2D eigenvalue weighted by atomic mass is 10.0. The van der Waals surface area contributed by atoms with Gasteiger partial charge in [-0.25, -0.2) is 4.79 Å². The average molecular weight is 340 g/mol. The molecular formula is C21H28N2O2. The number of ether oxygens (including phenoxy) is 1. The summed E-state index contributed by atoms with van der Waals surface area (Å²) >= 11 is 0. The first-order chi connectivity index (χ1) is 12.2. The molecule has 0 unspecified atom stereocenters. The number of urea groups is 1. The molecule has 2 amide bonds. The number of anilines is 1. The number of nitrogens with one attached hydrogen (secondary N) is 2. The minimum Gasteiger partial charge on any atom is -0.473 e. The molecule has 0 aliphatic heterocycles. The summed E-state index contributed by atoms with van der Waals surface area (Å²) < 4.78 is 5.59. The van der Waals surface area contributed by atoms with E-state index in [-0.39, 0.29) is 12.8 Å². The van der Waals surface area contributed by atoms with Crippen molar-refractivity contribution in [2.45, 2.75) is 46.5 Å². The summed E-state index contributed by atoms with van der Waals surface area (Å²) in [5.41, 5.74) is 4.49. The highest BCUT2D eigenvalue weighted by atomic mass is 16.5. The number of carbonyl (C=O) groups is 1. The Labute approximate surface area is 150 Å². The minimum atomic E-state index is -0.252. The number of hydrogen-bond acceptors (Lipinski definition) is 2. The summed E-state index contributed by atoms with van der Waals surface area (Å²) in [7, 11) is 0. The molecule has 0 aliphatic rings. The molecule has 0 saturated heterocycles. The van der Waals surface area contributed by atoms with E-state index in [1.165, 1.54) is 5.56 Å². The lowest BCUT2D eigenvalue weighted by Crippen LogP contribution is -2.32. The van der Waals surface area contributed by atoms with Gasteiger partial charge in [-0.3, -0.25) is 0 Å². The Morgan fingerprint density at radius 3 is 2.16 bits per heavy atom. The van der Waals surface area contributed by atoms with Crippen molar-refractivity contribution >= 4 is 11.7 Å². The first-order valence-corrected chi connectivity index (χ1v) is 9.05. The highest BCUT2D eigenvalue weighted by molar-refractivity contribution is 5.91. The second-order valence-electron chi connectivity index (χ2n) is 5.97. The summed E-state index contributed by atoms with van der Waals surface area (Å²) in [5, 5.41) is 5.71. The SMILES string of the molecule is CCCc1ccc(OCNC(=O)Nc2c(CC)cccc2CC)cc1. The van der Waals surface area contributed by atoms with Crippen molar-refractivity contribution < 1.29 is 9.53 Å². The first-order valence-electron chi connectivity index (χ1n) is 9.05. The lowest BCUT2D eigenvalue weighted by molar-refractivity contribution is 0.234. The molecule has 0 saturated carbocycles. The fourth-order valence-electron chi connectivity index (χ4n) is 2.79. The number of para-hydroxylation sites is 1. The lowest BCUT2D eigenvalue weighted by Gasteiger charge is -2.15. The van der Waals surface area contributed by atoms with E-state index in [1.807, 2.05) is 30.3 Å². The predicted molar refractivity (Wildman–Crippen MR) is 103 cm³/mol. The average Bonchev–Trinajstić information content (AvgIpc) is 2.63. The van der Waals surface area contributed by atoms with E-state index in [9.17, 15) is 4.79 Å². The molecule has 4 heteroatoms. The van der Waals surface area contributed by atoms with Crippen LogP contribution in [0.25, 0.3) is 0 Å². The van der Waals surface area contributed by atoms with Crippen molar-refractivity contribution in [1.82, 2.24) is 5.32 Å². The van der Waals surface area contributed by atoms with Crippen LogP contribution in [0.4, 0.5) is 10.5 Å². The van der Waals surface area contributed by atoms with Crippen LogP contribution in [0.3, 0.4) is 0 Å². The maximum Gasteiger partial charge on any atom is 0.321 e. The van der Waals surface area contributed by atoms with E-state index in [4.69, 9.17) is 4.74 Å². The van der Waals surface area contributed by atoms with Crippen LogP contribution in [0.2, 0.25) is 0 Å². The summed E-state index contributed by atoms with van der Waals surface area (Å²) in [6.45, 7) is 6.47. The van der Waals surface area contributed by atoms with E-state index in [0.29, 0.717) is 0 Å². The van der Waals surface area contributed by atoms with Crippen molar-refractivity contribution in [2.24, 2.45) is 0 Å². The number of aryl methyl sites for hydroxylation is 3. The molecule has 2 N–H and O–H groups in total. The number of rotatable bonds is 8. The third-order valence-corrected chi connectivity index (χ3v) is 4.17. The van der Waals surface area contributed by atoms with E-state index >= 15 is 0 Å². The van der Waals surface area contributed by atoms with Gasteiger partial charge in [-0.1, -0.05) is 57.5 Å². The fraction of sp³-hybridized carbons (Fsp3) is 0.381. The van der Waals surface area contributed by atoms with Gasteiger partial charge in [0, 0.05) is 5.69 Å². The fourth-order valence-corrected chi connectivity index (χ4v) is 2.79. The number of benzene rings is 2. The third-order valence-electron chi connectivity index (χ3n) is 4.17. The zero-order chi connectivity index (χ0) is 18.1. The molecule has 25 heavy (non-hydrogen) atoms. The van der Waals surface area contributed by atoms with Crippen LogP contribution in [-0.2, 0) is 19.3 Å². The Morgan fingerprint density at radius 1 is 0.960 bits per heavy atom. The molecule has 0 aromatic heterocycles. The molecule has 0 fully saturated rings. The summed E-state index contributed by atoms with van der Waals surface area (Å²) in [4.78, 5) is 12.2. The number of hydrogen-bond donors (Lipinski definition) is 2. The molecule has 134 valence electrons. The second-order valence-corrected chi connectivity index (χ2v) is 5.97. The molecule has 0 atom stereocenters. The maximum absolute atomic E-state index is 12.2. The molecule has 4 nitrogen and oxygen atoms in total. The van der Waals surface area contributed by atoms with Crippen LogP contribution in [0, 0.1) is 0 Å². The minimum absolute atomic E-state index is 0.134. The van der Waals surface area contributed by atoms with Gasteiger partial charge in [-0.05, 0) is 48.1 Å².